The molecule has 0 amide bonds. The van der Waals surface area contributed by atoms with Crippen LogP contribution in [0.2, 0.25) is 0 Å². The molecule has 19 heavy (non-hydrogen) atoms. The predicted molar refractivity (Wildman–Crippen MR) is 65.2 cm³/mol. The van der Waals surface area contributed by atoms with Gasteiger partial charge < -0.3 is 5.32 Å². The molecule has 2 aromatic carbocycles. The molecule has 0 saturated heterocycles. The molecule has 0 aromatic heterocycles. The van der Waals surface area contributed by atoms with E-state index in [2.05, 4.69) is 5.32 Å². The van der Waals surface area contributed by atoms with Crippen molar-refractivity contribution in [2.75, 3.05) is 5.32 Å². The van der Waals surface area contributed by atoms with Crippen LogP contribution in [0.15, 0.2) is 48.5 Å². The lowest BCUT2D eigenvalue weighted by Gasteiger charge is -2.09. The van der Waals surface area contributed by atoms with Crippen molar-refractivity contribution in [1.82, 2.24) is 0 Å². The second-order valence-electron chi connectivity index (χ2n) is 4.06. The Kier molecular flexibility index (Phi) is 3.74. The van der Waals surface area contributed by atoms with Crippen LogP contribution in [-0.4, -0.2) is 0 Å². The molecule has 0 unspecified atom stereocenters. The molecule has 0 spiro atoms. The normalized spacial score (nSPS) is 11.4. The number of anilines is 1. The van der Waals surface area contributed by atoms with E-state index < -0.39 is 11.7 Å². The first-order valence-corrected chi connectivity index (χ1v) is 5.61. The molecule has 2 rings (SSSR count). The van der Waals surface area contributed by atoms with Gasteiger partial charge in [-0.1, -0.05) is 12.1 Å². The van der Waals surface area contributed by atoms with E-state index >= 15 is 0 Å². The fourth-order valence-corrected chi connectivity index (χ4v) is 1.63. The third kappa shape index (κ3) is 3.71. The molecule has 0 aliphatic rings. The zero-order valence-corrected chi connectivity index (χ0v) is 9.84. The summed E-state index contributed by atoms with van der Waals surface area (Å²) >= 11 is 0. The quantitative estimate of drug-likeness (QED) is 0.811. The molecule has 0 atom stereocenters. The summed E-state index contributed by atoms with van der Waals surface area (Å²) in [4.78, 5) is 0. The Labute approximate surface area is 107 Å². The minimum absolute atomic E-state index is 0.341. The molecular weight excluding hydrogens is 258 g/mol. The molecule has 100 valence electrons. The first kappa shape index (κ1) is 13.4. The number of hydrogen-bond donors (Lipinski definition) is 1. The van der Waals surface area contributed by atoms with Crippen LogP contribution in [-0.2, 0) is 12.7 Å². The van der Waals surface area contributed by atoms with Gasteiger partial charge in [-0.3, -0.25) is 0 Å². The average molecular weight is 269 g/mol. The van der Waals surface area contributed by atoms with E-state index in [1.54, 1.807) is 12.1 Å². The maximum absolute atomic E-state index is 12.9. The Hall–Kier alpha value is -2.04. The van der Waals surface area contributed by atoms with Crippen LogP contribution in [0.5, 0.6) is 0 Å². The molecule has 0 radical (unpaired) electrons. The number of halogens is 4. The van der Waals surface area contributed by atoms with Crippen LogP contribution in [0.3, 0.4) is 0 Å². The fourth-order valence-electron chi connectivity index (χ4n) is 1.63. The summed E-state index contributed by atoms with van der Waals surface area (Å²) in [6.45, 7) is 0.350. The minimum atomic E-state index is -4.33. The molecule has 0 saturated carbocycles. The predicted octanol–water partition coefficient (Wildman–Crippen LogP) is 4.46. The third-order valence-corrected chi connectivity index (χ3v) is 2.60. The lowest BCUT2D eigenvalue weighted by atomic mass is 10.2. The Bertz CT molecular complexity index is 546. The molecule has 0 fully saturated rings. The zero-order chi connectivity index (χ0) is 13.9. The van der Waals surface area contributed by atoms with Gasteiger partial charge in [0.2, 0.25) is 0 Å². The highest BCUT2D eigenvalue weighted by atomic mass is 19.4. The standard InChI is InChI=1S/C14H11F4N/c15-12-3-1-2-10(8-12)9-19-13-6-4-11(5-7-13)14(16,17)18/h1-8,19H,9H2. The van der Waals surface area contributed by atoms with Crippen LogP contribution in [0.1, 0.15) is 11.1 Å². The van der Waals surface area contributed by atoms with Crippen LogP contribution in [0.25, 0.3) is 0 Å². The lowest BCUT2D eigenvalue weighted by Crippen LogP contribution is -2.05. The van der Waals surface area contributed by atoms with Crippen LogP contribution < -0.4 is 5.32 Å². The van der Waals surface area contributed by atoms with Gasteiger partial charge >= 0.3 is 6.18 Å². The Morgan fingerprint density at radius 2 is 1.63 bits per heavy atom. The van der Waals surface area contributed by atoms with Crippen molar-refractivity contribution in [3.63, 3.8) is 0 Å². The summed E-state index contributed by atoms with van der Waals surface area (Å²) in [6, 6.07) is 10.7. The van der Waals surface area contributed by atoms with E-state index in [4.69, 9.17) is 0 Å². The second kappa shape index (κ2) is 5.30. The molecule has 0 aliphatic carbocycles. The number of benzene rings is 2. The minimum Gasteiger partial charge on any atom is -0.381 e. The van der Waals surface area contributed by atoms with E-state index in [0.29, 0.717) is 12.2 Å². The first-order chi connectivity index (χ1) is 8.95. The largest absolute Gasteiger partial charge is 0.416 e. The van der Waals surface area contributed by atoms with Crippen molar-refractivity contribution in [2.24, 2.45) is 0 Å². The van der Waals surface area contributed by atoms with Gasteiger partial charge in [-0.25, -0.2) is 4.39 Å². The van der Waals surface area contributed by atoms with Gasteiger partial charge in [-0.2, -0.15) is 13.2 Å². The summed E-state index contributed by atoms with van der Waals surface area (Å²) in [5.41, 5.74) is 0.584. The summed E-state index contributed by atoms with van der Waals surface area (Å²) in [6.07, 6.45) is -4.33. The van der Waals surface area contributed by atoms with Gasteiger partial charge in [0.15, 0.2) is 0 Å². The van der Waals surface area contributed by atoms with E-state index in [1.165, 1.54) is 24.3 Å². The Morgan fingerprint density at radius 1 is 0.947 bits per heavy atom. The second-order valence-corrected chi connectivity index (χ2v) is 4.06. The SMILES string of the molecule is Fc1cccc(CNc2ccc(C(F)(F)F)cc2)c1. The molecule has 0 aliphatic heterocycles. The maximum atomic E-state index is 12.9. The molecule has 0 heterocycles. The Balaban J connectivity index is 2.01. The highest BCUT2D eigenvalue weighted by molar-refractivity contribution is 5.45. The van der Waals surface area contributed by atoms with E-state index in [-0.39, 0.29) is 5.82 Å². The molecule has 0 bridgehead atoms. The first-order valence-electron chi connectivity index (χ1n) is 5.61. The summed E-state index contributed by atoms with van der Waals surface area (Å²) in [5.74, 6) is -0.341. The summed E-state index contributed by atoms with van der Waals surface area (Å²) in [7, 11) is 0. The average Bonchev–Trinajstić information content (AvgIpc) is 2.36. The number of alkyl halides is 3. The van der Waals surface area contributed by atoms with E-state index in [0.717, 1.165) is 17.7 Å². The Morgan fingerprint density at radius 3 is 2.21 bits per heavy atom. The van der Waals surface area contributed by atoms with Crippen LogP contribution >= 0.6 is 0 Å². The highest BCUT2D eigenvalue weighted by Gasteiger charge is 2.29. The molecular formula is C14H11F4N. The monoisotopic (exact) mass is 269 g/mol. The zero-order valence-electron chi connectivity index (χ0n) is 9.84. The smallest absolute Gasteiger partial charge is 0.381 e. The fraction of sp³-hybridized carbons (Fsp3) is 0.143. The number of nitrogens with one attached hydrogen (secondary N) is 1. The van der Waals surface area contributed by atoms with E-state index in [9.17, 15) is 17.6 Å². The summed E-state index contributed by atoms with van der Waals surface area (Å²) < 4.78 is 50.0. The van der Waals surface area contributed by atoms with Gasteiger partial charge in [0.1, 0.15) is 5.82 Å². The van der Waals surface area contributed by atoms with E-state index in [1.807, 2.05) is 0 Å². The maximum Gasteiger partial charge on any atom is 0.416 e. The van der Waals surface area contributed by atoms with Gasteiger partial charge in [0, 0.05) is 12.2 Å². The third-order valence-electron chi connectivity index (χ3n) is 2.60. The van der Waals surface area contributed by atoms with Crippen molar-refractivity contribution >= 4 is 5.69 Å². The van der Waals surface area contributed by atoms with Crippen molar-refractivity contribution in [3.05, 3.63) is 65.5 Å². The highest BCUT2D eigenvalue weighted by Crippen LogP contribution is 2.29. The molecule has 2 aromatic rings. The molecule has 5 heteroatoms. The van der Waals surface area contributed by atoms with Crippen LogP contribution in [0, 0.1) is 5.82 Å². The van der Waals surface area contributed by atoms with Gasteiger partial charge in [-0.05, 0) is 42.0 Å². The van der Waals surface area contributed by atoms with Crippen molar-refractivity contribution in [2.45, 2.75) is 12.7 Å². The van der Waals surface area contributed by atoms with Crippen LogP contribution in [0.4, 0.5) is 23.2 Å². The van der Waals surface area contributed by atoms with Crippen molar-refractivity contribution < 1.29 is 17.6 Å². The molecule has 1 N–H and O–H groups in total. The number of hydrogen-bond acceptors (Lipinski definition) is 1. The van der Waals surface area contributed by atoms with Gasteiger partial charge in [0.05, 0.1) is 5.56 Å². The number of rotatable bonds is 3. The topological polar surface area (TPSA) is 12.0 Å². The van der Waals surface area contributed by atoms with Crippen molar-refractivity contribution in [1.29, 1.82) is 0 Å². The lowest BCUT2D eigenvalue weighted by molar-refractivity contribution is -0.137. The summed E-state index contributed by atoms with van der Waals surface area (Å²) in [5, 5.41) is 2.93. The van der Waals surface area contributed by atoms with Gasteiger partial charge in [-0.15, -0.1) is 0 Å². The van der Waals surface area contributed by atoms with Gasteiger partial charge in [0.25, 0.3) is 0 Å². The van der Waals surface area contributed by atoms with Crippen molar-refractivity contribution in [3.8, 4) is 0 Å². The molecule has 1 nitrogen and oxygen atoms in total.